The van der Waals surface area contributed by atoms with E-state index in [0.717, 1.165) is 10.9 Å². The zero-order valence-corrected chi connectivity index (χ0v) is 14.7. The third kappa shape index (κ3) is 3.13. The Kier molecular flexibility index (Phi) is 4.93. The largest absolute Gasteiger partial charge is 0.496 e. The molecule has 2 aromatic carbocycles. The van der Waals surface area contributed by atoms with Crippen LogP contribution in [0.2, 0.25) is 0 Å². The lowest BCUT2D eigenvalue weighted by atomic mass is 10.1. The smallest absolute Gasteiger partial charge is 0.346 e. The molecular weight excluding hydrogens is 334 g/mol. The molecule has 1 aromatic heterocycles. The molecule has 0 radical (unpaired) electrons. The Balaban J connectivity index is 1.85. The second-order valence-corrected chi connectivity index (χ2v) is 5.70. The fourth-order valence-corrected chi connectivity index (χ4v) is 2.82. The van der Waals surface area contributed by atoms with Gasteiger partial charge >= 0.3 is 5.97 Å². The number of methoxy groups -OCH3 is 2. The van der Waals surface area contributed by atoms with Gasteiger partial charge in [-0.1, -0.05) is 24.3 Å². The number of ketones is 1. The monoisotopic (exact) mass is 353 g/mol. The van der Waals surface area contributed by atoms with E-state index in [1.807, 2.05) is 24.3 Å². The van der Waals surface area contributed by atoms with Crippen LogP contribution in [0.4, 0.5) is 0 Å². The van der Waals surface area contributed by atoms with E-state index in [1.54, 1.807) is 31.3 Å². The molecule has 1 N–H and O–H groups in total. The van der Waals surface area contributed by atoms with E-state index in [4.69, 9.17) is 14.2 Å². The summed E-state index contributed by atoms with van der Waals surface area (Å²) in [6.07, 6.45) is 0.664. The highest BCUT2D eigenvalue weighted by Crippen LogP contribution is 2.29. The van der Waals surface area contributed by atoms with Crippen LogP contribution in [0.3, 0.4) is 0 Å². The number of para-hydroxylation sites is 1. The third-order valence-corrected chi connectivity index (χ3v) is 4.14. The van der Waals surface area contributed by atoms with Crippen LogP contribution in [0, 0.1) is 0 Å². The number of carbonyl (C=O) groups is 2. The summed E-state index contributed by atoms with van der Waals surface area (Å²) in [5, 5.41) is 0.787. The van der Waals surface area contributed by atoms with Gasteiger partial charge in [-0.2, -0.15) is 0 Å². The van der Waals surface area contributed by atoms with Gasteiger partial charge in [0.1, 0.15) is 17.1 Å². The van der Waals surface area contributed by atoms with E-state index >= 15 is 0 Å². The predicted octanol–water partition coefficient (Wildman–Crippen LogP) is 3.61. The molecule has 0 amide bonds. The van der Waals surface area contributed by atoms with Crippen molar-refractivity contribution >= 4 is 22.7 Å². The van der Waals surface area contributed by atoms with Crippen LogP contribution in [-0.2, 0) is 4.74 Å². The van der Waals surface area contributed by atoms with Crippen LogP contribution in [0.5, 0.6) is 11.5 Å². The van der Waals surface area contributed by atoms with Crippen molar-refractivity contribution < 1.29 is 23.8 Å². The fourth-order valence-electron chi connectivity index (χ4n) is 2.82. The van der Waals surface area contributed by atoms with E-state index in [-0.39, 0.29) is 11.3 Å². The second kappa shape index (κ2) is 7.31. The number of aromatic amines is 1. The van der Waals surface area contributed by atoms with Gasteiger partial charge in [-0.15, -0.1) is 0 Å². The van der Waals surface area contributed by atoms with Crippen molar-refractivity contribution in [3.8, 4) is 11.5 Å². The Bertz CT molecular complexity index is 937. The number of Topliss-reactive ketones (excluding diaryl/α,β-unsaturated/α-hetero) is 1. The minimum Gasteiger partial charge on any atom is -0.496 e. The zero-order chi connectivity index (χ0) is 18.7. The number of carbonyl (C=O) groups excluding carboxylic acids is 2. The van der Waals surface area contributed by atoms with E-state index in [9.17, 15) is 9.59 Å². The molecule has 0 fully saturated rings. The molecule has 134 valence electrons. The van der Waals surface area contributed by atoms with E-state index in [2.05, 4.69) is 4.98 Å². The number of H-pyrrole nitrogens is 1. The van der Waals surface area contributed by atoms with Crippen LogP contribution in [0.25, 0.3) is 10.9 Å². The van der Waals surface area contributed by atoms with Gasteiger partial charge in [-0.3, -0.25) is 4.79 Å². The van der Waals surface area contributed by atoms with Crippen LogP contribution in [-0.4, -0.2) is 37.1 Å². The molecule has 0 aliphatic carbocycles. The first kappa shape index (κ1) is 17.5. The Morgan fingerprint density at radius 1 is 0.962 bits per heavy atom. The summed E-state index contributed by atoms with van der Waals surface area (Å²) >= 11 is 0. The zero-order valence-electron chi connectivity index (χ0n) is 14.7. The number of esters is 1. The van der Waals surface area contributed by atoms with E-state index in [0.29, 0.717) is 17.1 Å². The summed E-state index contributed by atoms with van der Waals surface area (Å²) in [5.74, 6) is -0.327. The van der Waals surface area contributed by atoms with Crippen molar-refractivity contribution in [2.24, 2.45) is 0 Å². The molecule has 0 saturated heterocycles. The van der Waals surface area contributed by atoms with E-state index < -0.39 is 12.1 Å². The molecule has 6 nitrogen and oxygen atoms in total. The first-order valence-corrected chi connectivity index (χ1v) is 8.09. The molecule has 26 heavy (non-hydrogen) atoms. The molecule has 0 aliphatic rings. The number of fused-ring (bicyclic) bond motifs is 1. The summed E-state index contributed by atoms with van der Waals surface area (Å²) in [6.45, 7) is 1.55. The maximum absolute atomic E-state index is 12.7. The van der Waals surface area contributed by atoms with E-state index in [1.165, 1.54) is 14.2 Å². The van der Waals surface area contributed by atoms with Crippen molar-refractivity contribution in [3.05, 3.63) is 59.8 Å². The summed E-state index contributed by atoms with van der Waals surface area (Å²) in [7, 11) is 2.90. The molecule has 1 heterocycles. The minimum absolute atomic E-state index is 0.149. The minimum atomic E-state index is -0.962. The first-order chi connectivity index (χ1) is 12.6. The van der Waals surface area contributed by atoms with Crippen LogP contribution in [0.15, 0.2) is 48.7 Å². The molecule has 0 bridgehead atoms. The quantitative estimate of drug-likeness (QED) is 0.541. The van der Waals surface area contributed by atoms with Gasteiger partial charge in [0.2, 0.25) is 5.78 Å². The number of ether oxygens (including phenoxy) is 3. The lowest BCUT2D eigenvalue weighted by Crippen LogP contribution is -2.24. The predicted molar refractivity (Wildman–Crippen MR) is 97.1 cm³/mol. The number of hydrogen-bond donors (Lipinski definition) is 1. The van der Waals surface area contributed by atoms with Gasteiger partial charge in [0.25, 0.3) is 0 Å². The lowest BCUT2D eigenvalue weighted by molar-refractivity contribution is 0.0313. The molecule has 0 saturated carbocycles. The average Bonchev–Trinajstić information content (AvgIpc) is 3.10. The molecule has 3 rings (SSSR count). The maximum atomic E-state index is 12.7. The standard InChI is InChI=1S/C20H19NO5/c1-12(19(22)14-11-21-15-8-5-4-7-13(14)15)26-20(23)18-16(24-2)9-6-10-17(18)25-3/h4-12,21H,1-3H3/t12-/m0/s1. The molecular formula is C20H19NO5. The molecule has 0 aliphatic heterocycles. The number of benzene rings is 2. The summed E-state index contributed by atoms with van der Waals surface area (Å²) in [5.41, 5.74) is 1.48. The van der Waals surface area contributed by atoms with Crippen molar-refractivity contribution in [3.63, 3.8) is 0 Å². The summed E-state index contributed by atoms with van der Waals surface area (Å²) in [6, 6.07) is 12.4. The van der Waals surface area contributed by atoms with Gasteiger partial charge in [-0.25, -0.2) is 4.79 Å². The Hall–Kier alpha value is -3.28. The van der Waals surface area contributed by atoms with Gasteiger partial charge in [-0.05, 0) is 25.1 Å². The molecule has 6 heteroatoms. The molecule has 0 unspecified atom stereocenters. The molecule has 3 aromatic rings. The van der Waals surface area contributed by atoms with Crippen LogP contribution in [0.1, 0.15) is 27.6 Å². The lowest BCUT2D eigenvalue weighted by Gasteiger charge is -2.15. The van der Waals surface area contributed by atoms with Gasteiger partial charge in [0.15, 0.2) is 6.10 Å². The fraction of sp³-hybridized carbons (Fsp3) is 0.200. The third-order valence-electron chi connectivity index (χ3n) is 4.14. The topological polar surface area (TPSA) is 77.6 Å². The number of rotatable bonds is 6. The van der Waals surface area contributed by atoms with Crippen molar-refractivity contribution in [1.29, 1.82) is 0 Å². The van der Waals surface area contributed by atoms with Crippen LogP contribution < -0.4 is 9.47 Å². The summed E-state index contributed by atoms with van der Waals surface area (Å²) < 4.78 is 15.8. The number of aromatic nitrogens is 1. The highest BCUT2D eigenvalue weighted by Gasteiger charge is 2.26. The Morgan fingerprint density at radius 3 is 2.27 bits per heavy atom. The highest BCUT2D eigenvalue weighted by atomic mass is 16.6. The van der Waals surface area contributed by atoms with Crippen molar-refractivity contribution in [1.82, 2.24) is 4.98 Å². The molecule has 0 spiro atoms. The van der Waals surface area contributed by atoms with Gasteiger partial charge in [0, 0.05) is 22.7 Å². The van der Waals surface area contributed by atoms with Crippen molar-refractivity contribution in [2.45, 2.75) is 13.0 Å². The number of nitrogens with one attached hydrogen (secondary N) is 1. The highest BCUT2D eigenvalue weighted by molar-refractivity contribution is 6.10. The number of hydrogen-bond acceptors (Lipinski definition) is 5. The van der Waals surface area contributed by atoms with Gasteiger partial charge in [0.05, 0.1) is 14.2 Å². The normalized spacial score (nSPS) is 11.8. The Morgan fingerprint density at radius 2 is 1.62 bits per heavy atom. The average molecular weight is 353 g/mol. The van der Waals surface area contributed by atoms with Crippen molar-refractivity contribution in [2.75, 3.05) is 14.2 Å². The van der Waals surface area contributed by atoms with Gasteiger partial charge < -0.3 is 19.2 Å². The first-order valence-electron chi connectivity index (χ1n) is 8.09. The molecule has 1 atom stereocenters. The van der Waals surface area contributed by atoms with Crippen LogP contribution >= 0.6 is 0 Å². The Labute approximate surface area is 150 Å². The SMILES string of the molecule is COc1cccc(OC)c1C(=O)O[C@@H](C)C(=O)c1c[nH]c2ccccc12. The summed E-state index contributed by atoms with van der Waals surface area (Å²) in [4.78, 5) is 28.4. The second-order valence-electron chi connectivity index (χ2n) is 5.70. The maximum Gasteiger partial charge on any atom is 0.346 e.